The lowest BCUT2D eigenvalue weighted by atomic mass is 10.1. The number of hydrogen-bond donors (Lipinski definition) is 1. The van der Waals surface area contributed by atoms with E-state index in [0.717, 1.165) is 35.3 Å². The summed E-state index contributed by atoms with van der Waals surface area (Å²) in [6, 6.07) is 18.0. The van der Waals surface area contributed by atoms with Crippen LogP contribution in [-0.4, -0.2) is 22.3 Å². The van der Waals surface area contributed by atoms with E-state index in [0.29, 0.717) is 6.54 Å². The predicted molar refractivity (Wildman–Crippen MR) is 110 cm³/mol. The fraction of sp³-hybridized carbons (Fsp3) is 0.304. The highest BCUT2D eigenvalue weighted by Crippen LogP contribution is 2.23. The van der Waals surface area contributed by atoms with Gasteiger partial charge in [-0.3, -0.25) is 9.48 Å². The van der Waals surface area contributed by atoms with Crippen molar-refractivity contribution in [2.45, 2.75) is 39.3 Å². The highest BCUT2D eigenvalue weighted by atomic mass is 16.5. The smallest absolute Gasteiger partial charge is 0.258 e. The lowest BCUT2D eigenvalue weighted by Crippen LogP contribution is -2.31. The Bertz CT molecular complexity index is 876. The molecule has 0 aliphatic carbocycles. The van der Waals surface area contributed by atoms with Crippen molar-refractivity contribution in [1.82, 2.24) is 15.1 Å². The molecular formula is C23H27N3O2. The van der Waals surface area contributed by atoms with Crippen LogP contribution in [-0.2, 0) is 17.8 Å². The number of aryl methyl sites for hydroxylation is 1. The maximum absolute atomic E-state index is 12.4. The summed E-state index contributed by atoms with van der Waals surface area (Å²) in [7, 11) is 0. The molecule has 0 aliphatic heterocycles. The molecule has 0 bridgehead atoms. The molecule has 1 atom stereocenters. The molecule has 0 aliphatic rings. The number of carbonyl (C=O) groups is 1. The van der Waals surface area contributed by atoms with Crippen molar-refractivity contribution in [2.75, 3.05) is 6.61 Å². The highest BCUT2D eigenvalue weighted by molar-refractivity contribution is 5.78. The third kappa shape index (κ3) is 5.46. The maximum atomic E-state index is 12.4. The average molecular weight is 377 g/mol. The van der Waals surface area contributed by atoms with Crippen molar-refractivity contribution in [3.8, 4) is 5.75 Å². The van der Waals surface area contributed by atoms with Crippen LogP contribution < -0.4 is 10.1 Å². The molecule has 28 heavy (non-hydrogen) atoms. The Hall–Kier alpha value is -3.08. The lowest BCUT2D eigenvalue weighted by molar-refractivity contribution is -0.123. The van der Waals surface area contributed by atoms with Gasteiger partial charge in [-0.1, -0.05) is 55.8 Å². The quantitative estimate of drug-likeness (QED) is 0.610. The predicted octanol–water partition coefficient (Wildman–Crippen LogP) is 4.14. The van der Waals surface area contributed by atoms with Gasteiger partial charge < -0.3 is 10.1 Å². The van der Waals surface area contributed by atoms with Crippen LogP contribution in [0.2, 0.25) is 0 Å². The molecule has 0 spiro atoms. The summed E-state index contributed by atoms with van der Waals surface area (Å²) < 4.78 is 7.77. The van der Waals surface area contributed by atoms with Gasteiger partial charge in [0.1, 0.15) is 5.75 Å². The maximum Gasteiger partial charge on any atom is 0.258 e. The molecule has 1 N–H and O–H groups in total. The van der Waals surface area contributed by atoms with Crippen molar-refractivity contribution in [2.24, 2.45) is 0 Å². The molecule has 2 aromatic carbocycles. The lowest BCUT2D eigenvalue weighted by Gasteiger charge is -2.16. The number of nitrogens with one attached hydrogen (secondary N) is 1. The monoisotopic (exact) mass is 377 g/mol. The van der Waals surface area contributed by atoms with Crippen LogP contribution in [0.5, 0.6) is 5.75 Å². The zero-order valence-corrected chi connectivity index (χ0v) is 16.5. The Balaban J connectivity index is 1.63. The molecule has 0 fully saturated rings. The standard InChI is InChI=1S/C23H27N3O2/c1-3-8-21-12-11-19(16-26-14-7-13-24-26)15-22(21)28-17-23(27)25-18(2)20-9-5-4-6-10-20/h4-7,9-15,18H,3,8,16-17H2,1-2H3,(H,25,27). The van der Waals surface area contributed by atoms with Crippen molar-refractivity contribution < 1.29 is 9.53 Å². The van der Waals surface area contributed by atoms with Crippen molar-refractivity contribution >= 4 is 5.91 Å². The van der Waals surface area contributed by atoms with Gasteiger partial charge in [-0.2, -0.15) is 5.10 Å². The molecule has 5 nitrogen and oxygen atoms in total. The van der Waals surface area contributed by atoms with Gasteiger partial charge in [0.2, 0.25) is 0 Å². The van der Waals surface area contributed by atoms with Crippen molar-refractivity contribution in [1.29, 1.82) is 0 Å². The van der Waals surface area contributed by atoms with Gasteiger partial charge in [-0.05, 0) is 42.2 Å². The number of aromatic nitrogens is 2. The van der Waals surface area contributed by atoms with Crippen molar-refractivity contribution in [3.63, 3.8) is 0 Å². The molecule has 1 heterocycles. The van der Waals surface area contributed by atoms with E-state index in [4.69, 9.17) is 4.74 Å². The molecular weight excluding hydrogens is 350 g/mol. The van der Waals surface area contributed by atoms with Crippen molar-refractivity contribution in [3.05, 3.63) is 83.7 Å². The molecule has 1 amide bonds. The van der Waals surface area contributed by atoms with Gasteiger partial charge in [0.05, 0.1) is 12.6 Å². The first-order valence-electron chi connectivity index (χ1n) is 9.72. The zero-order chi connectivity index (χ0) is 19.8. The minimum atomic E-state index is -0.128. The molecule has 0 saturated carbocycles. The number of amides is 1. The summed E-state index contributed by atoms with van der Waals surface area (Å²) in [4.78, 5) is 12.4. The van der Waals surface area contributed by atoms with E-state index in [-0.39, 0.29) is 18.6 Å². The van der Waals surface area contributed by atoms with Gasteiger partial charge in [0.25, 0.3) is 5.91 Å². The third-order valence-corrected chi connectivity index (χ3v) is 4.59. The first-order valence-corrected chi connectivity index (χ1v) is 9.72. The number of hydrogen-bond acceptors (Lipinski definition) is 3. The van der Waals surface area contributed by atoms with Crippen LogP contribution in [0.15, 0.2) is 67.0 Å². The fourth-order valence-electron chi connectivity index (χ4n) is 3.14. The number of ether oxygens (including phenoxy) is 1. The van der Waals surface area contributed by atoms with Crippen LogP contribution in [0, 0.1) is 0 Å². The zero-order valence-electron chi connectivity index (χ0n) is 16.5. The second-order valence-electron chi connectivity index (χ2n) is 6.88. The van der Waals surface area contributed by atoms with Gasteiger partial charge >= 0.3 is 0 Å². The summed E-state index contributed by atoms with van der Waals surface area (Å²) in [5, 5.41) is 7.24. The van der Waals surface area contributed by atoms with Gasteiger partial charge in [-0.15, -0.1) is 0 Å². The van der Waals surface area contributed by atoms with E-state index in [1.165, 1.54) is 0 Å². The number of nitrogens with zero attached hydrogens (tertiary/aromatic N) is 2. The first kappa shape index (κ1) is 19.7. The van der Waals surface area contributed by atoms with Gasteiger partial charge in [0, 0.05) is 12.4 Å². The van der Waals surface area contributed by atoms with E-state index in [1.807, 2.05) is 60.3 Å². The average Bonchev–Trinajstić information content (AvgIpc) is 3.22. The molecule has 3 aromatic rings. The summed E-state index contributed by atoms with van der Waals surface area (Å²) in [6.07, 6.45) is 5.63. The normalized spacial score (nSPS) is 11.8. The van der Waals surface area contributed by atoms with Crippen LogP contribution >= 0.6 is 0 Å². The van der Waals surface area contributed by atoms with Crippen LogP contribution in [0.4, 0.5) is 0 Å². The highest BCUT2D eigenvalue weighted by Gasteiger charge is 2.12. The molecule has 0 saturated heterocycles. The van der Waals surface area contributed by atoms with E-state index >= 15 is 0 Å². The topological polar surface area (TPSA) is 56.2 Å². The third-order valence-electron chi connectivity index (χ3n) is 4.59. The SMILES string of the molecule is CCCc1ccc(Cn2cccn2)cc1OCC(=O)NC(C)c1ccccc1. The fourth-order valence-corrected chi connectivity index (χ4v) is 3.14. The van der Waals surface area contributed by atoms with Crippen LogP contribution in [0.1, 0.15) is 43.0 Å². The Labute approximate surface area is 166 Å². The first-order chi connectivity index (χ1) is 13.7. The van der Waals surface area contributed by atoms with Gasteiger partial charge in [0.15, 0.2) is 6.61 Å². The minimum Gasteiger partial charge on any atom is -0.483 e. The number of carbonyl (C=O) groups excluding carboxylic acids is 1. The summed E-state index contributed by atoms with van der Waals surface area (Å²) in [5.41, 5.74) is 3.29. The Morgan fingerprint density at radius 2 is 2.00 bits per heavy atom. The second kappa shape index (κ2) is 9.74. The van der Waals surface area contributed by atoms with Crippen LogP contribution in [0.25, 0.3) is 0 Å². The molecule has 1 unspecified atom stereocenters. The Morgan fingerprint density at radius 1 is 1.18 bits per heavy atom. The minimum absolute atomic E-state index is 0.000882. The molecule has 0 radical (unpaired) electrons. The molecule has 1 aromatic heterocycles. The summed E-state index contributed by atoms with van der Waals surface area (Å²) in [5.74, 6) is 0.644. The molecule has 5 heteroatoms. The second-order valence-corrected chi connectivity index (χ2v) is 6.88. The summed E-state index contributed by atoms with van der Waals surface area (Å²) >= 11 is 0. The Kier molecular flexibility index (Phi) is 6.84. The van der Waals surface area contributed by atoms with Gasteiger partial charge in [-0.25, -0.2) is 0 Å². The van der Waals surface area contributed by atoms with E-state index in [9.17, 15) is 4.79 Å². The number of benzene rings is 2. The molecule has 3 rings (SSSR count). The van der Waals surface area contributed by atoms with E-state index in [1.54, 1.807) is 6.20 Å². The largest absolute Gasteiger partial charge is 0.483 e. The van der Waals surface area contributed by atoms with Crippen LogP contribution in [0.3, 0.4) is 0 Å². The summed E-state index contributed by atoms with van der Waals surface area (Å²) in [6.45, 7) is 4.78. The van der Waals surface area contributed by atoms with E-state index in [2.05, 4.69) is 29.5 Å². The molecule has 146 valence electrons. The Morgan fingerprint density at radius 3 is 2.71 bits per heavy atom. The van der Waals surface area contributed by atoms with E-state index < -0.39 is 0 Å². The number of rotatable bonds is 9.